The number of hydrogen-bond acceptors (Lipinski definition) is 2. The van der Waals surface area contributed by atoms with Gasteiger partial charge in [-0.05, 0) is 0 Å². The Labute approximate surface area is 237 Å². The Hall–Kier alpha value is -3.68. The zero-order chi connectivity index (χ0) is 26.3. The monoisotopic (exact) mass is 586 g/mol. The first-order valence-electron chi connectivity index (χ1n) is 13.6. The quantitative estimate of drug-likeness (QED) is 0.184. The van der Waals surface area contributed by atoms with Crippen LogP contribution in [0.5, 0.6) is 11.5 Å². The predicted octanol–water partition coefficient (Wildman–Crippen LogP) is 9.14. The molecule has 0 radical (unpaired) electrons. The van der Waals surface area contributed by atoms with Crippen molar-refractivity contribution in [3.8, 4) is 11.5 Å². The predicted molar refractivity (Wildman–Crippen MR) is 157 cm³/mol. The van der Waals surface area contributed by atoms with Gasteiger partial charge in [-0.2, -0.15) is 0 Å². The third-order valence-corrected chi connectivity index (χ3v) is 16.5. The Morgan fingerprint density at radius 2 is 0.795 bits per heavy atom. The van der Waals surface area contributed by atoms with Crippen molar-refractivity contribution in [2.75, 3.05) is 0 Å². The van der Waals surface area contributed by atoms with Gasteiger partial charge in [0.15, 0.2) is 0 Å². The molecule has 2 aliphatic carbocycles. The molecule has 192 valence electrons. The van der Waals surface area contributed by atoms with Crippen molar-refractivity contribution in [1.82, 2.24) is 0 Å². The van der Waals surface area contributed by atoms with E-state index in [1.165, 1.54) is 22.3 Å². The van der Waals surface area contributed by atoms with Gasteiger partial charge in [0.2, 0.25) is 0 Å². The fraction of sp³-hybridized carbons (Fsp3) is 0.111. The van der Waals surface area contributed by atoms with E-state index < -0.39 is 21.1 Å². The van der Waals surface area contributed by atoms with Gasteiger partial charge in [-0.25, -0.2) is 0 Å². The zero-order valence-corrected chi connectivity index (χ0v) is 24.4. The summed E-state index contributed by atoms with van der Waals surface area (Å²) in [6, 6.07) is 38.2. The number of para-hydroxylation sites is 2. The van der Waals surface area contributed by atoms with Crippen LogP contribution < -0.4 is 5.63 Å². The van der Waals surface area contributed by atoms with Crippen LogP contribution in [0, 0.1) is 0 Å². The number of rotatable bonds is 10. The van der Waals surface area contributed by atoms with Crippen LogP contribution in [0.25, 0.3) is 0 Å². The Bertz CT molecular complexity index is 1380. The van der Waals surface area contributed by atoms with Crippen molar-refractivity contribution >= 4 is 0 Å². The molecule has 0 atom stereocenters. The molecule has 39 heavy (non-hydrogen) atoms. The van der Waals surface area contributed by atoms with Crippen molar-refractivity contribution in [2.24, 2.45) is 0 Å². The average molecular weight is 588 g/mol. The average Bonchev–Trinajstić information content (AvgIpc) is 3.72. The van der Waals surface area contributed by atoms with Crippen molar-refractivity contribution < 1.29 is 26.8 Å². The van der Waals surface area contributed by atoms with Crippen LogP contribution in [0.2, 0.25) is 7.25 Å². The third kappa shape index (κ3) is 5.85. The molecule has 2 nitrogen and oxygen atoms in total. The van der Waals surface area contributed by atoms with E-state index in [4.69, 9.17) is 5.63 Å². The van der Waals surface area contributed by atoms with Crippen LogP contribution in [-0.2, 0) is 34.0 Å². The molecule has 0 saturated carbocycles. The molecule has 0 aliphatic heterocycles. The Morgan fingerprint density at radius 3 is 1.21 bits per heavy atom. The SMILES string of the molecule is C1=C[CH]([Zr]([O]c2ccccc2Cc2ccccc2)([O]c2ccccc2Cc2ccccc2)[CH]2C=CC=C2)C=C1. The molecule has 2 aliphatic rings. The van der Waals surface area contributed by atoms with E-state index in [0.29, 0.717) is 0 Å². The molecule has 0 N–H and O–H groups in total. The molecule has 0 aromatic heterocycles. The molecule has 0 saturated heterocycles. The Morgan fingerprint density at radius 1 is 0.436 bits per heavy atom. The maximum absolute atomic E-state index is 7.37. The van der Waals surface area contributed by atoms with E-state index in [1.807, 2.05) is 0 Å². The van der Waals surface area contributed by atoms with Gasteiger partial charge in [-0.3, -0.25) is 0 Å². The van der Waals surface area contributed by atoms with E-state index in [-0.39, 0.29) is 7.25 Å². The maximum atomic E-state index is 7.37. The van der Waals surface area contributed by atoms with Gasteiger partial charge in [-0.1, -0.05) is 0 Å². The van der Waals surface area contributed by atoms with Crippen LogP contribution >= 0.6 is 0 Å². The molecule has 4 aromatic rings. The van der Waals surface area contributed by atoms with Crippen LogP contribution in [0.4, 0.5) is 0 Å². The summed E-state index contributed by atoms with van der Waals surface area (Å²) in [6.45, 7) is 0. The van der Waals surface area contributed by atoms with Gasteiger partial charge in [0.25, 0.3) is 0 Å². The fourth-order valence-corrected chi connectivity index (χ4v) is 14.3. The van der Waals surface area contributed by atoms with Gasteiger partial charge < -0.3 is 0 Å². The van der Waals surface area contributed by atoms with Crippen molar-refractivity contribution in [2.45, 2.75) is 20.1 Å². The van der Waals surface area contributed by atoms with Gasteiger partial charge in [0.05, 0.1) is 0 Å². The van der Waals surface area contributed by atoms with E-state index in [9.17, 15) is 0 Å². The first-order chi connectivity index (χ1) is 19.3. The van der Waals surface area contributed by atoms with E-state index in [2.05, 4.69) is 158 Å². The zero-order valence-electron chi connectivity index (χ0n) is 21.9. The Kier molecular flexibility index (Phi) is 7.88. The second kappa shape index (κ2) is 12.0. The van der Waals surface area contributed by atoms with Gasteiger partial charge in [-0.15, -0.1) is 0 Å². The summed E-state index contributed by atoms with van der Waals surface area (Å²) < 4.78 is 15.0. The van der Waals surface area contributed by atoms with Crippen molar-refractivity contribution in [1.29, 1.82) is 0 Å². The molecule has 4 aromatic carbocycles. The van der Waals surface area contributed by atoms with Crippen LogP contribution in [0.15, 0.2) is 158 Å². The van der Waals surface area contributed by atoms with Crippen LogP contribution in [0.1, 0.15) is 22.3 Å². The molecule has 6 rings (SSSR count). The summed E-state index contributed by atoms with van der Waals surface area (Å²) >= 11 is -4.10. The van der Waals surface area contributed by atoms with Gasteiger partial charge in [0, 0.05) is 0 Å². The third-order valence-electron chi connectivity index (χ3n) is 7.38. The van der Waals surface area contributed by atoms with Gasteiger partial charge in [0.1, 0.15) is 0 Å². The molecule has 3 heteroatoms. The fourth-order valence-electron chi connectivity index (χ4n) is 5.39. The summed E-state index contributed by atoms with van der Waals surface area (Å²) in [5.74, 6) is 1.86. The molecular weight excluding hydrogens is 556 g/mol. The van der Waals surface area contributed by atoms with E-state index in [1.54, 1.807) is 0 Å². The molecular formula is C36H32O2Zr. The number of hydrogen-bond donors (Lipinski definition) is 0. The van der Waals surface area contributed by atoms with Gasteiger partial charge >= 0.3 is 238 Å². The first kappa shape index (κ1) is 25.6. The summed E-state index contributed by atoms with van der Waals surface area (Å²) in [4.78, 5) is 0. The van der Waals surface area contributed by atoms with Crippen LogP contribution in [-0.4, -0.2) is 0 Å². The number of allylic oxidation sites excluding steroid dienone is 8. The summed E-state index contributed by atoms with van der Waals surface area (Å²) in [5, 5.41) is 0. The summed E-state index contributed by atoms with van der Waals surface area (Å²) in [7, 11) is 0. The normalized spacial score (nSPS) is 14.8. The molecule has 0 heterocycles. The molecule has 0 unspecified atom stereocenters. The minimum absolute atomic E-state index is 0.131. The first-order valence-corrected chi connectivity index (χ1v) is 18.5. The standard InChI is InChI=1S/2C13H12O.2C5H5.Zr/c2*14-13-9-5-4-8-12(13)10-11-6-2-1-3-7-11;2*1-2-4-5-3-1;/h2*1-9,14H,10H2;2*1-5H;/q;;;;+2/p-2. The summed E-state index contributed by atoms with van der Waals surface area (Å²) in [6.07, 6.45) is 19.3. The minimum atomic E-state index is -4.10. The van der Waals surface area contributed by atoms with Crippen molar-refractivity contribution in [3.63, 3.8) is 0 Å². The van der Waals surface area contributed by atoms with E-state index >= 15 is 0 Å². The topological polar surface area (TPSA) is 18.5 Å². The second-order valence-electron chi connectivity index (χ2n) is 10.1. The van der Waals surface area contributed by atoms with E-state index in [0.717, 1.165) is 24.3 Å². The molecule has 0 spiro atoms. The Balaban J connectivity index is 1.42. The summed E-state index contributed by atoms with van der Waals surface area (Å²) in [5.41, 5.74) is 4.90. The number of benzene rings is 4. The van der Waals surface area contributed by atoms with Crippen LogP contribution in [0.3, 0.4) is 0 Å². The van der Waals surface area contributed by atoms with Crippen molar-refractivity contribution in [3.05, 3.63) is 180 Å². The molecule has 0 fully saturated rings. The second-order valence-corrected chi connectivity index (χ2v) is 17.9. The molecule has 0 amide bonds. The molecule has 0 bridgehead atoms.